The summed E-state index contributed by atoms with van der Waals surface area (Å²) in [5, 5.41) is 12.7. The van der Waals surface area contributed by atoms with Gasteiger partial charge >= 0.3 is 7.48 Å². The molecule has 3 aromatic carbocycles. The molecule has 0 saturated carbocycles. The molecule has 0 spiro atoms. The van der Waals surface area contributed by atoms with E-state index < -0.39 is 11.2 Å². The summed E-state index contributed by atoms with van der Waals surface area (Å²) < 4.78 is 12.5. The molecule has 0 saturated heterocycles. The highest BCUT2D eigenvalue weighted by atomic mass is 16.5. The van der Waals surface area contributed by atoms with Crippen LogP contribution in [-0.4, -0.2) is 23.8 Å². The van der Waals surface area contributed by atoms with Crippen molar-refractivity contribution in [3.8, 4) is 11.1 Å². The zero-order chi connectivity index (χ0) is 26.1. The van der Waals surface area contributed by atoms with Gasteiger partial charge in [-0.3, -0.25) is 0 Å². The van der Waals surface area contributed by atoms with Gasteiger partial charge in [-0.25, -0.2) is 0 Å². The number of rotatable bonds is 5. The van der Waals surface area contributed by atoms with Gasteiger partial charge in [0.15, 0.2) is 0 Å². The highest BCUT2D eigenvalue weighted by molar-refractivity contribution is 6.52. The predicted octanol–water partition coefficient (Wildman–Crippen LogP) is 7.14. The molecule has 1 aromatic heterocycles. The van der Waals surface area contributed by atoms with Crippen LogP contribution in [0.3, 0.4) is 0 Å². The Balaban J connectivity index is 1.55. The van der Waals surface area contributed by atoms with Crippen LogP contribution in [0.4, 0.5) is 0 Å². The summed E-state index contributed by atoms with van der Waals surface area (Å²) in [6, 6.07) is 19.7. The number of aliphatic hydroxyl groups is 1. The molecule has 3 nitrogen and oxygen atoms in total. The van der Waals surface area contributed by atoms with Gasteiger partial charge in [0.25, 0.3) is 0 Å². The number of hydrogen-bond donors (Lipinski definition) is 1. The lowest BCUT2D eigenvalue weighted by atomic mass is 9.63. The average Bonchev–Trinajstić information content (AvgIpc) is 3.18. The molecule has 0 amide bonds. The second-order valence-electron chi connectivity index (χ2n) is 13.0. The van der Waals surface area contributed by atoms with Crippen molar-refractivity contribution in [2.75, 3.05) is 0 Å². The van der Waals surface area contributed by atoms with Gasteiger partial charge in [0, 0.05) is 10.8 Å². The van der Waals surface area contributed by atoms with Crippen molar-refractivity contribution in [1.29, 1.82) is 0 Å². The Morgan fingerprint density at radius 3 is 2.14 bits per heavy atom. The van der Waals surface area contributed by atoms with E-state index in [0.717, 1.165) is 27.4 Å². The lowest BCUT2D eigenvalue weighted by Crippen LogP contribution is -2.49. The van der Waals surface area contributed by atoms with Gasteiger partial charge < -0.3 is 14.2 Å². The number of furan rings is 1. The van der Waals surface area contributed by atoms with Crippen LogP contribution in [0.15, 0.2) is 59.0 Å². The Morgan fingerprint density at radius 1 is 0.806 bits per heavy atom. The minimum absolute atomic E-state index is 0.177. The topological polar surface area (TPSA) is 42.6 Å². The number of hydrogen-bond acceptors (Lipinski definition) is 3. The molecule has 188 valence electrons. The first kappa shape index (κ1) is 25.1. The van der Waals surface area contributed by atoms with E-state index in [1.54, 1.807) is 13.8 Å². The summed E-state index contributed by atoms with van der Waals surface area (Å²) >= 11 is 0. The molecule has 1 aliphatic carbocycles. The van der Waals surface area contributed by atoms with Crippen molar-refractivity contribution in [3.05, 3.63) is 65.7 Å². The lowest BCUT2D eigenvalue weighted by molar-refractivity contribution is -0.0893. The fourth-order valence-electron chi connectivity index (χ4n) is 5.40. The summed E-state index contributed by atoms with van der Waals surface area (Å²) in [7, 11) is 0.403. The molecule has 0 aliphatic heterocycles. The van der Waals surface area contributed by atoms with E-state index in [9.17, 15) is 5.11 Å². The molecule has 36 heavy (non-hydrogen) atoms. The Hall–Kier alpha value is -2.56. The average molecular weight is 482 g/mol. The Bertz CT molecular complexity index is 1450. The molecule has 0 bridgehead atoms. The predicted molar refractivity (Wildman–Crippen MR) is 153 cm³/mol. The van der Waals surface area contributed by atoms with Gasteiger partial charge in [-0.15, -0.1) is 0 Å². The maximum absolute atomic E-state index is 10.5. The van der Waals surface area contributed by atoms with Crippen LogP contribution < -0.4 is 5.46 Å². The van der Waals surface area contributed by atoms with Crippen LogP contribution in [0.25, 0.3) is 33.1 Å². The third-order valence-corrected chi connectivity index (χ3v) is 8.83. The van der Waals surface area contributed by atoms with Crippen molar-refractivity contribution in [3.63, 3.8) is 0 Å². The lowest BCUT2D eigenvalue weighted by Gasteiger charge is -2.42. The quantitative estimate of drug-likeness (QED) is 0.307. The van der Waals surface area contributed by atoms with Crippen LogP contribution in [0, 0.1) is 0 Å². The van der Waals surface area contributed by atoms with Crippen LogP contribution in [0.1, 0.15) is 79.4 Å². The summed E-state index contributed by atoms with van der Waals surface area (Å²) in [6.45, 7) is 16.9. The zero-order valence-electron chi connectivity index (χ0n) is 23.1. The van der Waals surface area contributed by atoms with Crippen molar-refractivity contribution < 1.29 is 14.2 Å². The standard InChI is InChI=1S/C32H39BO3/c1-29(2)16-17-30(3,4)24-18-20(13-15-23(24)29)21-12-14-22-27(19-21)35-26-11-9-10-25(28(22)26)33-36-32(7,8)31(5,6)34/h9-15,18-19,33-34H,16-17H2,1-8H3. The Kier molecular flexibility index (Phi) is 5.74. The molecule has 1 N–H and O–H groups in total. The molecule has 4 heteroatoms. The van der Waals surface area contributed by atoms with E-state index >= 15 is 0 Å². The summed E-state index contributed by atoms with van der Waals surface area (Å²) in [5.74, 6) is 0. The second-order valence-corrected chi connectivity index (χ2v) is 13.0. The van der Waals surface area contributed by atoms with Gasteiger partial charge in [-0.1, -0.05) is 64.1 Å². The maximum atomic E-state index is 10.5. The van der Waals surface area contributed by atoms with E-state index in [2.05, 4.69) is 70.2 Å². The molecule has 1 aliphatic rings. The second kappa shape index (κ2) is 8.23. The van der Waals surface area contributed by atoms with Crippen LogP contribution in [-0.2, 0) is 15.5 Å². The molecule has 0 atom stereocenters. The van der Waals surface area contributed by atoms with Gasteiger partial charge in [-0.2, -0.15) is 0 Å². The normalized spacial score (nSPS) is 17.4. The fraction of sp³-hybridized carbons (Fsp3) is 0.438. The molecule has 0 fully saturated rings. The Morgan fingerprint density at radius 2 is 1.44 bits per heavy atom. The monoisotopic (exact) mass is 482 g/mol. The first-order valence-electron chi connectivity index (χ1n) is 13.2. The van der Waals surface area contributed by atoms with Gasteiger partial charge in [-0.05, 0) is 97.3 Å². The number of fused-ring (bicyclic) bond motifs is 4. The minimum atomic E-state index is -0.951. The van der Waals surface area contributed by atoms with Crippen molar-refractivity contribution in [2.24, 2.45) is 0 Å². The molecular formula is C32H39BO3. The van der Waals surface area contributed by atoms with Gasteiger partial charge in [0.2, 0.25) is 0 Å². The minimum Gasteiger partial charge on any atom is -0.456 e. The van der Waals surface area contributed by atoms with E-state index in [-0.39, 0.29) is 10.8 Å². The third kappa shape index (κ3) is 4.19. The molecular weight excluding hydrogens is 443 g/mol. The molecule has 0 radical (unpaired) electrons. The third-order valence-electron chi connectivity index (χ3n) is 8.83. The van der Waals surface area contributed by atoms with Crippen molar-refractivity contribution >= 4 is 34.9 Å². The van der Waals surface area contributed by atoms with Crippen LogP contribution in [0.5, 0.6) is 0 Å². The van der Waals surface area contributed by atoms with E-state index in [0.29, 0.717) is 7.48 Å². The SMILES string of the molecule is CC1(C)CCC(C)(C)c2cc(-c3ccc4c(c3)oc3cccc(BOC(C)(C)C(C)(C)O)c34)ccc21. The van der Waals surface area contributed by atoms with Gasteiger partial charge in [0.05, 0.1) is 11.2 Å². The largest absolute Gasteiger partial charge is 0.456 e. The van der Waals surface area contributed by atoms with E-state index in [4.69, 9.17) is 9.07 Å². The smallest absolute Gasteiger partial charge is 0.310 e. The zero-order valence-corrected chi connectivity index (χ0v) is 23.1. The van der Waals surface area contributed by atoms with Crippen LogP contribution in [0.2, 0.25) is 0 Å². The summed E-state index contributed by atoms with van der Waals surface area (Å²) in [5.41, 5.74) is 6.91. The highest BCUT2D eigenvalue weighted by Crippen LogP contribution is 2.47. The van der Waals surface area contributed by atoms with E-state index in [1.807, 2.05) is 26.0 Å². The fourth-order valence-corrected chi connectivity index (χ4v) is 5.40. The number of benzene rings is 3. The maximum Gasteiger partial charge on any atom is 0.310 e. The first-order valence-corrected chi connectivity index (χ1v) is 13.2. The van der Waals surface area contributed by atoms with Crippen molar-refractivity contribution in [2.45, 2.75) is 90.3 Å². The van der Waals surface area contributed by atoms with Crippen molar-refractivity contribution in [1.82, 2.24) is 0 Å². The molecule has 0 unspecified atom stereocenters. The molecule has 1 heterocycles. The van der Waals surface area contributed by atoms with Crippen LogP contribution >= 0.6 is 0 Å². The molecule has 5 rings (SSSR count). The summed E-state index contributed by atoms with van der Waals surface area (Å²) in [4.78, 5) is 0. The Labute approximate surface area is 216 Å². The first-order chi connectivity index (χ1) is 16.7. The van der Waals surface area contributed by atoms with E-state index in [1.165, 1.54) is 35.1 Å². The summed E-state index contributed by atoms with van der Waals surface area (Å²) in [6.07, 6.45) is 2.42. The highest BCUT2D eigenvalue weighted by Gasteiger charge is 2.37. The molecule has 4 aromatic rings. The van der Waals surface area contributed by atoms with Gasteiger partial charge in [0.1, 0.15) is 11.2 Å².